The van der Waals surface area contributed by atoms with Crippen LogP contribution in [0.5, 0.6) is 0 Å². The van der Waals surface area contributed by atoms with Gasteiger partial charge in [-0.3, -0.25) is 4.79 Å². The molecule has 0 bridgehead atoms. The quantitative estimate of drug-likeness (QED) is 0.598. The van der Waals surface area contributed by atoms with Gasteiger partial charge in [0, 0.05) is 0 Å². The molecular weight excluding hydrogens is 187 g/mol. The van der Waals surface area contributed by atoms with Gasteiger partial charge in [0.2, 0.25) is 0 Å². The van der Waals surface area contributed by atoms with E-state index in [1.54, 1.807) is 0 Å². The smallest absolute Gasteiger partial charge is 0.305 e. The fourth-order valence-corrected chi connectivity index (χ4v) is 1.29. The summed E-state index contributed by atoms with van der Waals surface area (Å²) < 4.78 is 12.3. The second-order valence-electron chi connectivity index (χ2n) is 3.67. The topological polar surface area (TPSA) is 57.5 Å². The van der Waals surface area contributed by atoms with Gasteiger partial charge in [0.05, 0.1) is 18.7 Å². The minimum Gasteiger partial charge on any atom is -0.481 e. The molecule has 84 valence electrons. The van der Waals surface area contributed by atoms with Crippen molar-refractivity contribution >= 4 is 5.97 Å². The van der Waals surface area contributed by atoms with E-state index in [1.165, 1.54) is 6.92 Å². The molecule has 0 rings (SSSR count). The highest BCUT2D eigenvalue weighted by Crippen LogP contribution is 2.10. The standard InChI is InChI=1S/C10H19FO3/c1-8(11)5-3-2-4-6-9(12)7-10(13)14/h8-9,12H,2-7H2,1H3,(H,13,14). The normalized spacial score (nSPS) is 15.1. The van der Waals surface area contributed by atoms with Crippen molar-refractivity contribution in [1.29, 1.82) is 0 Å². The molecule has 0 saturated carbocycles. The molecule has 0 aromatic heterocycles. The Labute approximate surface area is 83.9 Å². The van der Waals surface area contributed by atoms with E-state index in [-0.39, 0.29) is 6.42 Å². The lowest BCUT2D eigenvalue weighted by Gasteiger charge is -2.07. The average Bonchev–Trinajstić information content (AvgIpc) is 2.01. The van der Waals surface area contributed by atoms with Gasteiger partial charge in [-0.25, -0.2) is 4.39 Å². The molecule has 0 aromatic rings. The number of aliphatic hydroxyl groups is 1. The van der Waals surface area contributed by atoms with Gasteiger partial charge >= 0.3 is 5.97 Å². The number of halogens is 1. The van der Waals surface area contributed by atoms with Crippen molar-refractivity contribution in [2.45, 2.75) is 57.7 Å². The molecule has 0 aliphatic rings. The van der Waals surface area contributed by atoms with Crippen LogP contribution in [0, 0.1) is 0 Å². The number of carboxylic acid groups (broad SMARTS) is 1. The molecule has 4 heteroatoms. The predicted octanol–water partition coefficient (Wildman–Crippen LogP) is 2.13. The SMILES string of the molecule is CC(F)CCCCCC(O)CC(=O)O. The summed E-state index contributed by atoms with van der Waals surface area (Å²) in [5.41, 5.74) is 0. The first-order valence-electron chi connectivity index (χ1n) is 5.06. The molecule has 3 nitrogen and oxygen atoms in total. The Kier molecular flexibility index (Phi) is 7.38. The van der Waals surface area contributed by atoms with E-state index in [4.69, 9.17) is 5.11 Å². The first-order chi connectivity index (χ1) is 6.52. The van der Waals surface area contributed by atoms with E-state index in [0.29, 0.717) is 12.8 Å². The lowest BCUT2D eigenvalue weighted by molar-refractivity contribution is -0.139. The number of aliphatic hydroxyl groups excluding tert-OH is 1. The molecule has 14 heavy (non-hydrogen) atoms. The van der Waals surface area contributed by atoms with Crippen LogP contribution in [-0.2, 0) is 4.79 Å². The number of aliphatic carboxylic acids is 1. The van der Waals surface area contributed by atoms with E-state index in [1.807, 2.05) is 0 Å². The summed E-state index contributed by atoms with van der Waals surface area (Å²) in [5, 5.41) is 17.5. The first-order valence-corrected chi connectivity index (χ1v) is 5.06. The van der Waals surface area contributed by atoms with Crippen LogP contribution in [0.2, 0.25) is 0 Å². The van der Waals surface area contributed by atoms with Crippen LogP contribution in [0.25, 0.3) is 0 Å². The minimum absolute atomic E-state index is 0.195. The lowest BCUT2D eigenvalue weighted by atomic mass is 10.1. The Morgan fingerprint density at radius 2 is 1.86 bits per heavy atom. The van der Waals surface area contributed by atoms with Crippen LogP contribution >= 0.6 is 0 Å². The van der Waals surface area contributed by atoms with Gasteiger partial charge in [-0.1, -0.05) is 19.3 Å². The van der Waals surface area contributed by atoms with Crippen LogP contribution < -0.4 is 0 Å². The highest BCUT2D eigenvalue weighted by atomic mass is 19.1. The Bertz CT molecular complexity index is 159. The summed E-state index contributed by atoms with van der Waals surface area (Å²) in [7, 11) is 0. The van der Waals surface area contributed by atoms with Gasteiger partial charge in [0.1, 0.15) is 0 Å². The Morgan fingerprint density at radius 3 is 2.36 bits per heavy atom. The summed E-state index contributed by atoms with van der Waals surface area (Å²) in [5.74, 6) is -0.977. The zero-order valence-corrected chi connectivity index (χ0v) is 8.58. The van der Waals surface area contributed by atoms with Gasteiger partial charge in [0.25, 0.3) is 0 Å². The van der Waals surface area contributed by atoms with Gasteiger partial charge in [-0.05, 0) is 19.8 Å². The molecule has 2 unspecified atom stereocenters. The van der Waals surface area contributed by atoms with Crippen molar-refractivity contribution < 1.29 is 19.4 Å². The van der Waals surface area contributed by atoms with E-state index in [0.717, 1.165) is 19.3 Å². The maximum absolute atomic E-state index is 12.3. The largest absolute Gasteiger partial charge is 0.481 e. The molecule has 2 atom stereocenters. The van der Waals surface area contributed by atoms with Crippen molar-refractivity contribution in [2.75, 3.05) is 0 Å². The second-order valence-corrected chi connectivity index (χ2v) is 3.67. The number of rotatable bonds is 8. The van der Waals surface area contributed by atoms with Gasteiger partial charge in [-0.2, -0.15) is 0 Å². The maximum Gasteiger partial charge on any atom is 0.305 e. The molecule has 0 fully saturated rings. The Morgan fingerprint density at radius 1 is 1.29 bits per heavy atom. The lowest BCUT2D eigenvalue weighted by Crippen LogP contribution is -2.12. The minimum atomic E-state index is -0.977. The number of hydrogen-bond acceptors (Lipinski definition) is 2. The van der Waals surface area contributed by atoms with Crippen molar-refractivity contribution in [2.24, 2.45) is 0 Å². The van der Waals surface area contributed by atoms with Crippen molar-refractivity contribution in [3.8, 4) is 0 Å². The summed E-state index contributed by atoms with van der Waals surface area (Å²) >= 11 is 0. The molecule has 0 spiro atoms. The van der Waals surface area contributed by atoms with Crippen LogP contribution in [-0.4, -0.2) is 28.5 Å². The predicted molar refractivity (Wildman–Crippen MR) is 51.9 cm³/mol. The van der Waals surface area contributed by atoms with E-state index in [9.17, 15) is 14.3 Å². The van der Waals surface area contributed by atoms with Gasteiger partial charge < -0.3 is 10.2 Å². The molecule has 0 radical (unpaired) electrons. The average molecular weight is 206 g/mol. The fraction of sp³-hybridized carbons (Fsp3) is 0.900. The number of carboxylic acids is 1. The van der Waals surface area contributed by atoms with Crippen LogP contribution in [0.1, 0.15) is 45.4 Å². The first kappa shape index (κ1) is 13.4. The molecule has 0 aliphatic carbocycles. The van der Waals surface area contributed by atoms with Crippen LogP contribution in [0.15, 0.2) is 0 Å². The van der Waals surface area contributed by atoms with Crippen molar-refractivity contribution in [3.05, 3.63) is 0 Å². The number of carbonyl (C=O) groups is 1. The third kappa shape index (κ3) is 9.45. The summed E-state index contributed by atoms with van der Waals surface area (Å²) in [4.78, 5) is 10.2. The number of unbranched alkanes of at least 4 members (excludes halogenated alkanes) is 2. The molecular formula is C10H19FO3. The highest BCUT2D eigenvalue weighted by molar-refractivity contribution is 5.67. The van der Waals surface area contributed by atoms with E-state index >= 15 is 0 Å². The van der Waals surface area contributed by atoms with E-state index < -0.39 is 18.2 Å². The monoisotopic (exact) mass is 206 g/mol. The number of alkyl halides is 1. The molecule has 2 N–H and O–H groups in total. The van der Waals surface area contributed by atoms with Crippen LogP contribution in [0.4, 0.5) is 4.39 Å². The zero-order chi connectivity index (χ0) is 11.0. The summed E-state index contributed by atoms with van der Waals surface area (Å²) in [6.07, 6.45) is 1.75. The Balaban J connectivity index is 3.23. The zero-order valence-electron chi connectivity index (χ0n) is 8.58. The van der Waals surface area contributed by atoms with Gasteiger partial charge in [-0.15, -0.1) is 0 Å². The second kappa shape index (κ2) is 7.74. The van der Waals surface area contributed by atoms with Crippen LogP contribution in [0.3, 0.4) is 0 Å². The molecule has 0 heterocycles. The molecule has 0 aliphatic heterocycles. The third-order valence-electron chi connectivity index (χ3n) is 2.05. The molecule has 0 amide bonds. The summed E-state index contributed by atoms with van der Waals surface area (Å²) in [6.45, 7) is 1.53. The van der Waals surface area contributed by atoms with Crippen molar-refractivity contribution in [3.63, 3.8) is 0 Å². The summed E-state index contributed by atoms with van der Waals surface area (Å²) in [6, 6.07) is 0. The maximum atomic E-state index is 12.3. The number of hydrogen-bond donors (Lipinski definition) is 2. The highest BCUT2D eigenvalue weighted by Gasteiger charge is 2.08. The third-order valence-corrected chi connectivity index (χ3v) is 2.05. The van der Waals surface area contributed by atoms with E-state index in [2.05, 4.69) is 0 Å². The Hall–Kier alpha value is -0.640. The van der Waals surface area contributed by atoms with Gasteiger partial charge in [0.15, 0.2) is 0 Å². The molecule has 0 saturated heterocycles. The van der Waals surface area contributed by atoms with Crippen molar-refractivity contribution in [1.82, 2.24) is 0 Å². The molecule has 0 aromatic carbocycles. The fourth-order valence-electron chi connectivity index (χ4n) is 1.29.